The highest BCUT2D eigenvalue weighted by Gasteiger charge is 2.22. The second-order valence-corrected chi connectivity index (χ2v) is 2.29. The fraction of sp³-hybridized carbons (Fsp3) is 0. The zero-order valence-electron chi connectivity index (χ0n) is 6.21. The monoisotopic (exact) mass is 189 g/mol. The lowest BCUT2D eigenvalue weighted by Crippen LogP contribution is -2.07. The zero-order valence-corrected chi connectivity index (χ0v) is 6.21. The minimum atomic E-state index is -1.82. The molecule has 4 N–H and O–H groups in total. The van der Waals surface area contributed by atoms with Crippen molar-refractivity contribution < 1.29 is 23.8 Å². The van der Waals surface area contributed by atoms with Gasteiger partial charge in [0.1, 0.15) is 5.56 Å². The summed E-state index contributed by atoms with van der Waals surface area (Å²) in [5.74, 6) is -5.73. The Morgan fingerprint density at radius 2 is 1.92 bits per heavy atom. The molecule has 0 aliphatic carbocycles. The fourth-order valence-electron chi connectivity index (χ4n) is 0.831. The molecular formula is C7H5F2NO3. The molecule has 0 spiro atoms. The third-order valence-electron chi connectivity index (χ3n) is 1.42. The van der Waals surface area contributed by atoms with Gasteiger partial charge in [-0.2, -0.15) is 0 Å². The van der Waals surface area contributed by atoms with E-state index in [0.29, 0.717) is 6.07 Å². The van der Waals surface area contributed by atoms with Crippen LogP contribution in [0.25, 0.3) is 0 Å². The Morgan fingerprint density at radius 1 is 1.38 bits per heavy atom. The topological polar surface area (TPSA) is 83.5 Å². The minimum absolute atomic E-state index is 0.608. The lowest BCUT2D eigenvalue weighted by atomic mass is 10.1. The summed E-state index contributed by atoms with van der Waals surface area (Å²) in [6, 6.07) is 0.608. The first-order chi connectivity index (χ1) is 5.95. The van der Waals surface area contributed by atoms with Gasteiger partial charge in [-0.05, 0) is 0 Å². The Kier molecular flexibility index (Phi) is 2.05. The number of nitrogens with two attached hydrogens (primary N) is 1. The molecule has 0 atom stereocenters. The predicted molar refractivity (Wildman–Crippen MR) is 39.4 cm³/mol. The van der Waals surface area contributed by atoms with E-state index in [4.69, 9.17) is 15.9 Å². The molecule has 0 aliphatic heterocycles. The van der Waals surface area contributed by atoms with Crippen LogP contribution in [-0.4, -0.2) is 16.2 Å². The maximum absolute atomic E-state index is 12.8. The number of rotatable bonds is 1. The van der Waals surface area contributed by atoms with Gasteiger partial charge < -0.3 is 15.9 Å². The number of anilines is 1. The highest BCUT2D eigenvalue weighted by atomic mass is 19.1. The summed E-state index contributed by atoms with van der Waals surface area (Å²) in [6.45, 7) is 0. The van der Waals surface area contributed by atoms with Gasteiger partial charge in [-0.3, -0.25) is 0 Å². The molecular weight excluding hydrogens is 184 g/mol. The molecule has 1 aromatic rings. The number of hydrogen-bond acceptors (Lipinski definition) is 3. The number of phenolic OH excluding ortho intramolecular Hbond substituents is 1. The lowest BCUT2D eigenvalue weighted by Gasteiger charge is -2.04. The number of halogens is 2. The van der Waals surface area contributed by atoms with Crippen molar-refractivity contribution in [2.24, 2.45) is 0 Å². The Hall–Kier alpha value is -1.85. The van der Waals surface area contributed by atoms with Crippen molar-refractivity contribution in [3.8, 4) is 5.75 Å². The van der Waals surface area contributed by atoms with E-state index >= 15 is 0 Å². The van der Waals surface area contributed by atoms with Crippen LogP contribution in [0.3, 0.4) is 0 Å². The Balaban J connectivity index is 3.56. The van der Waals surface area contributed by atoms with Gasteiger partial charge in [0.05, 0.1) is 5.69 Å². The third kappa shape index (κ3) is 1.37. The second-order valence-electron chi connectivity index (χ2n) is 2.29. The first-order valence-electron chi connectivity index (χ1n) is 3.15. The van der Waals surface area contributed by atoms with Gasteiger partial charge in [-0.15, -0.1) is 0 Å². The number of phenols is 1. The number of hydrogen-bond donors (Lipinski definition) is 3. The molecule has 6 heteroatoms. The molecule has 0 aromatic heterocycles. The van der Waals surface area contributed by atoms with E-state index in [1.807, 2.05) is 0 Å². The quantitative estimate of drug-likeness (QED) is 0.574. The lowest BCUT2D eigenvalue weighted by molar-refractivity contribution is 0.0685. The van der Waals surface area contributed by atoms with Crippen LogP contribution in [-0.2, 0) is 0 Å². The van der Waals surface area contributed by atoms with Crippen molar-refractivity contribution in [1.29, 1.82) is 0 Å². The predicted octanol–water partition coefficient (Wildman–Crippen LogP) is 0.951. The number of aromatic carboxylic acids is 1. The van der Waals surface area contributed by atoms with Crippen molar-refractivity contribution in [3.05, 3.63) is 23.3 Å². The van der Waals surface area contributed by atoms with Crippen LogP contribution in [0.1, 0.15) is 10.4 Å². The molecule has 70 valence electrons. The second kappa shape index (κ2) is 2.89. The molecule has 0 unspecified atom stereocenters. The van der Waals surface area contributed by atoms with Crippen LogP contribution in [0.5, 0.6) is 5.75 Å². The van der Waals surface area contributed by atoms with Crippen molar-refractivity contribution >= 4 is 11.7 Å². The number of aromatic hydroxyl groups is 1. The van der Waals surface area contributed by atoms with E-state index in [2.05, 4.69) is 0 Å². The smallest absolute Gasteiger partial charge is 0.341 e. The van der Waals surface area contributed by atoms with Gasteiger partial charge >= 0.3 is 5.97 Å². The van der Waals surface area contributed by atoms with Gasteiger partial charge in [0, 0.05) is 6.07 Å². The van der Waals surface area contributed by atoms with E-state index in [0.717, 1.165) is 0 Å². The first-order valence-corrected chi connectivity index (χ1v) is 3.15. The molecule has 0 saturated heterocycles. The molecule has 0 saturated carbocycles. The molecule has 4 nitrogen and oxygen atoms in total. The summed E-state index contributed by atoms with van der Waals surface area (Å²) in [5.41, 5.74) is 3.10. The molecule has 0 radical (unpaired) electrons. The number of benzene rings is 1. The Bertz CT molecular complexity index is 352. The van der Waals surface area contributed by atoms with Gasteiger partial charge in [-0.1, -0.05) is 0 Å². The van der Waals surface area contributed by atoms with Crippen LogP contribution >= 0.6 is 0 Å². The SMILES string of the molecule is Nc1cc(O)c(F)c(C(=O)O)c1F. The normalized spacial score (nSPS) is 10.0. The van der Waals surface area contributed by atoms with E-state index in [9.17, 15) is 13.6 Å². The summed E-state index contributed by atoms with van der Waals surface area (Å²) in [7, 11) is 0. The van der Waals surface area contributed by atoms with Crippen molar-refractivity contribution in [1.82, 2.24) is 0 Å². The molecule has 0 bridgehead atoms. The van der Waals surface area contributed by atoms with E-state index in [1.54, 1.807) is 0 Å². The van der Waals surface area contributed by atoms with Crippen LogP contribution in [0.4, 0.5) is 14.5 Å². The van der Waals surface area contributed by atoms with E-state index < -0.39 is 34.6 Å². The Morgan fingerprint density at radius 3 is 2.38 bits per heavy atom. The molecule has 0 fully saturated rings. The third-order valence-corrected chi connectivity index (χ3v) is 1.42. The molecule has 0 heterocycles. The van der Waals surface area contributed by atoms with Crippen molar-refractivity contribution in [3.63, 3.8) is 0 Å². The summed E-state index contributed by atoms with van der Waals surface area (Å²) in [5, 5.41) is 17.1. The Labute approximate surface area is 71.2 Å². The van der Waals surface area contributed by atoms with Crippen molar-refractivity contribution in [2.45, 2.75) is 0 Å². The average Bonchev–Trinajstić information content (AvgIpc) is 2.01. The molecule has 13 heavy (non-hydrogen) atoms. The molecule has 1 rings (SSSR count). The van der Waals surface area contributed by atoms with Crippen LogP contribution in [0, 0.1) is 11.6 Å². The fourth-order valence-corrected chi connectivity index (χ4v) is 0.831. The highest BCUT2D eigenvalue weighted by Crippen LogP contribution is 2.26. The molecule has 1 aromatic carbocycles. The van der Waals surface area contributed by atoms with Gasteiger partial charge in [-0.25, -0.2) is 13.6 Å². The number of nitrogen functional groups attached to an aromatic ring is 1. The van der Waals surface area contributed by atoms with Crippen LogP contribution < -0.4 is 5.73 Å². The zero-order chi connectivity index (χ0) is 10.2. The number of carboxylic acids is 1. The first kappa shape index (κ1) is 9.24. The van der Waals surface area contributed by atoms with Crippen molar-refractivity contribution in [2.75, 3.05) is 5.73 Å². The maximum Gasteiger partial charge on any atom is 0.341 e. The molecule has 0 aliphatic rings. The van der Waals surface area contributed by atoms with E-state index in [-0.39, 0.29) is 0 Å². The highest BCUT2D eigenvalue weighted by molar-refractivity contribution is 5.90. The largest absolute Gasteiger partial charge is 0.505 e. The van der Waals surface area contributed by atoms with Gasteiger partial charge in [0.15, 0.2) is 17.4 Å². The number of carboxylic acid groups (broad SMARTS) is 1. The minimum Gasteiger partial charge on any atom is -0.505 e. The molecule has 0 amide bonds. The number of carbonyl (C=O) groups is 1. The summed E-state index contributed by atoms with van der Waals surface area (Å²) in [4.78, 5) is 10.3. The van der Waals surface area contributed by atoms with Gasteiger partial charge in [0.25, 0.3) is 0 Å². The van der Waals surface area contributed by atoms with E-state index in [1.165, 1.54) is 0 Å². The van der Waals surface area contributed by atoms with Crippen LogP contribution in [0.2, 0.25) is 0 Å². The summed E-state index contributed by atoms with van der Waals surface area (Å²) >= 11 is 0. The average molecular weight is 189 g/mol. The summed E-state index contributed by atoms with van der Waals surface area (Å²) < 4.78 is 25.6. The summed E-state index contributed by atoms with van der Waals surface area (Å²) in [6.07, 6.45) is 0. The standard InChI is InChI=1S/C7H5F2NO3/c8-5-2(10)1-3(11)6(9)4(5)7(12)13/h1,11H,10H2,(H,12,13). The maximum atomic E-state index is 12.8. The van der Waals surface area contributed by atoms with Gasteiger partial charge in [0.2, 0.25) is 0 Å². The van der Waals surface area contributed by atoms with Crippen LogP contribution in [0.15, 0.2) is 6.07 Å².